The molecule has 0 aliphatic rings. The van der Waals surface area contributed by atoms with E-state index in [9.17, 15) is 4.79 Å². The molecule has 0 rings (SSSR count). The van der Waals surface area contributed by atoms with Gasteiger partial charge in [0.25, 0.3) is 0 Å². The largest absolute Gasteiger partial charge is 0.338 e. The number of carbonyl (C=O) groups excluding carboxylic acids is 1. The zero-order chi connectivity index (χ0) is 10.5. The van der Waals surface area contributed by atoms with E-state index in [1.165, 1.54) is 0 Å². The molecular formula is C9H21N3O. The topological polar surface area (TPSA) is 67.1 Å². The molecule has 78 valence electrons. The van der Waals surface area contributed by atoms with Crippen LogP contribution in [0.1, 0.15) is 34.1 Å². The molecule has 0 radical (unpaired) electrons. The molecule has 0 aromatic carbocycles. The van der Waals surface area contributed by atoms with Gasteiger partial charge in [0.05, 0.1) is 0 Å². The molecule has 0 saturated heterocycles. The number of hydrogen-bond donors (Lipinski definition) is 3. The van der Waals surface area contributed by atoms with Crippen LogP contribution in [0.15, 0.2) is 0 Å². The summed E-state index contributed by atoms with van der Waals surface area (Å²) in [5.41, 5.74) is 5.35. The van der Waals surface area contributed by atoms with E-state index in [1.54, 1.807) is 0 Å². The minimum Gasteiger partial charge on any atom is -0.338 e. The van der Waals surface area contributed by atoms with Crippen LogP contribution < -0.4 is 16.4 Å². The lowest BCUT2D eigenvalue weighted by molar-refractivity contribution is 0.232. The summed E-state index contributed by atoms with van der Waals surface area (Å²) < 4.78 is 0. The van der Waals surface area contributed by atoms with Gasteiger partial charge in [-0.3, -0.25) is 0 Å². The molecule has 1 atom stereocenters. The highest BCUT2D eigenvalue weighted by Crippen LogP contribution is 1.97. The molecular weight excluding hydrogens is 166 g/mol. The molecule has 0 saturated carbocycles. The molecule has 0 spiro atoms. The van der Waals surface area contributed by atoms with Gasteiger partial charge in [0.2, 0.25) is 0 Å². The highest BCUT2D eigenvalue weighted by atomic mass is 16.2. The van der Waals surface area contributed by atoms with Gasteiger partial charge in [0, 0.05) is 18.1 Å². The summed E-state index contributed by atoms with van der Waals surface area (Å²) in [5.74, 6) is 0. The quantitative estimate of drug-likeness (QED) is 0.612. The summed E-state index contributed by atoms with van der Waals surface area (Å²) in [6.07, 6.45) is 0.803. The molecule has 4 N–H and O–H groups in total. The Hall–Kier alpha value is -0.770. The van der Waals surface area contributed by atoms with E-state index in [2.05, 4.69) is 10.6 Å². The van der Waals surface area contributed by atoms with Gasteiger partial charge in [0.15, 0.2) is 0 Å². The molecule has 1 unspecified atom stereocenters. The summed E-state index contributed by atoms with van der Waals surface area (Å²) >= 11 is 0. The zero-order valence-corrected chi connectivity index (χ0v) is 8.98. The summed E-state index contributed by atoms with van der Waals surface area (Å²) in [4.78, 5) is 11.2. The Morgan fingerprint density at radius 3 is 2.38 bits per heavy atom. The maximum Gasteiger partial charge on any atom is 0.315 e. The van der Waals surface area contributed by atoms with Crippen LogP contribution in [0, 0.1) is 0 Å². The first-order valence-electron chi connectivity index (χ1n) is 4.63. The monoisotopic (exact) mass is 187 g/mol. The molecule has 2 amide bonds. The predicted molar refractivity (Wildman–Crippen MR) is 54.6 cm³/mol. The second-order valence-electron chi connectivity index (χ2n) is 4.40. The molecule has 4 heteroatoms. The van der Waals surface area contributed by atoms with Gasteiger partial charge in [-0.05, 0) is 34.1 Å². The standard InChI is InChI=1S/C9H21N3O/c1-7(10)5-6-11-8(13)12-9(2,3)4/h7H,5-6,10H2,1-4H3,(H2,11,12,13). The first-order chi connectivity index (χ1) is 5.81. The van der Waals surface area contributed by atoms with Crippen molar-refractivity contribution in [3.8, 4) is 0 Å². The normalized spacial score (nSPS) is 13.6. The minimum absolute atomic E-state index is 0.131. The van der Waals surface area contributed by atoms with E-state index in [4.69, 9.17) is 5.73 Å². The van der Waals surface area contributed by atoms with Crippen molar-refractivity contribution in [3.63, 3.8) is 0 Å². The molecule has 0 bridgehead atoms. The van der Waals surface area contributed by atoms with Crippen LogP contribution in [-0.2, 0) is 0 Å². The lowest BCUT2D eigenvalue weighted by Crippen LogP contribution is -2.47. The Morgan fingerprint density at radius 2 is 2.00 bits per heavy atom. The zero-order valence-electron chi connectivity index (χ0n) is 8.98. The Morgan fingerprint density at radius 1 is 1.46 bits per heavy atom. The Balaban J connectivity index is 3.53. The SMILES string of the molecule is CC(N)CCNC(=O)NC(C)(C)C. The van der Waals surface area contributed by atoms with Crippen LogP contribution >= 0.6 is 0 Å². The fourth-order valence-corrected chi connectivity index (χ4v) is 0.798. The van der Waals surface area contributed by atoms with Crippen LogP contribution in [0.2, 0.25) is 0 Å². The average molecular weight is 187 g/mol. The Labute approximate surface area is 80.3 Å². The third-order valence-electron chi connectivity index (χ3n) is 1.37. The van der Waals surface area contributed by atoms with Crippen LogP contribution in [0.4, 0.5) is 4.79 Å². The second-order valence-corrected chi connectivity index (χ2v) is 4.40. The molecule has 0 aliphatic heterocycles. The van der Waals surface area contributed by atoms with Crippen LogP contribution in [0.3, 0.4) is 0 Å². The third-order valence-corrected chi connectivity index (χ3v) is 1.37. The van der Waals surface area contributed by atoms with E-state index < -0.39 is 0 Å². The van der Waals surface area contributed by atoms with Gasteiger partial charge < -0.3 is 16.4 Å². The average Bonchev–Trinajstić information content (AvgIpc) is 1.81. The maximum absolute atomic E-state index is 11.2. The number of amides is 2. The van der Waals surface area contributed by atoms with Gasteiger partial charge >= 0.3 is 6.03 Å². The van der Waals surface area contributed by atoms with E-state index in [0.717, 1.165) is 6.42 Å². The Bertz CT molecular complexity index is 161. The summed E-state index contributed by atoms with van der Waals surface area (Å²) in [5, 5.41) is 5.54. The highest BCUT2D eigenvalue weighted by Gasteiger charge is 2.12. The van der Waals surface area contributed by atoms with Gasteiger partial charge in [-0.1, -0.05) is 0 Å². The number of rotatable bonds is 3. The first kappa shape index (κ1) is 12.2. The van der Waals surface area contributed by atoms with Gasteiger partial charge in [-0.25, -0.2) is 4.79 Å². The Kier molecular flexibility index (Phi) is 4.77. The molecule has 13 heavy (non-hydrogen) atoms. The van der Waals surface area contributed by atoms with Gasteiger partial charge in [-0.15, -0.1) is 0 Å². The third kappa shape index (κ3) is 9.14. The van der Waals surface area contributed by atoms with Crippen LogP contribution in [0.25, 0.3) is 0 Å². The van der Waals surface area contributed by atoms with Crippen molar-refractivity contribution in [1.82, 2.24) is 10.6 Å². The van der Waals surface area contributed by atoms with E-state index in [-0.39, 0.29) is 17.6 Å². The summed E-state index contributed by atoms with van der Waals surface area (Å²) in [6.45, 7) is 8.37. The fraction of sp³-hybridized carbons (Fsp3) is 0.889. The maximum atomic E-state index is 11.2. The van der Waals surface area contributed by atoms with Crippen molar-refractivity contribution in [2.75, 3.05) is 6.54 Å². The van der Waals surface area contributed by atoms with Crippen LogP contribution in [0.5, 0.6) is 0 Å². The van der Waals surface area contributed by atoms with Crippen molar-refractivity contribution in [3.05, 3.63) is 0 Å². The molecule has 4 nitrogen and oxygen atoms in total. The highest BCUT2D eigenvalue weighted by molar-refractivity contribution is 5.74. The van der Waals surface area contributed by atoms with Crippen molar-refractivity contribution in [2.45, 2.75) is 45.7 Å². The lowest BCUT2D eigenvalue weighted by Gasteiger charge is -2.20. The van der Waals surface area contributed by atoms with Crippen molar-refractivity contribution in [1.29, 1.82) is 0 Å². The second kappa shape index (κ2) is 5.07. The molecule has 0 aliphatic carbocycles. The van der Waals surface area contributed by atoms with Crippen molar-refractivity contribution < 1.29 is 4.79 Å². The number of carbonyl (C=O) groups is 1. The van der Waals surface area contributed by atoms with Crippen molar-refractivity contribution in [2.24, 2.45) is 5.73 Å². The van der Waals surface area contributed by atoms with Crippen molar-refractivity contribution >= 4 is 6.03 Å². The first-order valence-corrected chi connectivity index (χ1v) is 4.63. The minimum atomic E-state index is -0.182. The van der Waals surface area contributed by atoms with Crippen LogP contribution in [-0.4, -0.2) is 24.2 Å². The molecule has 0 aromatic rings. The molecule has 0 fully saturated rings. The predicted octanol–water partition coefficient (Wildman–Crippen LogP) is 0.821. The smallest absolute Gasteiger partial charge is 0.315 e. The fourth-order valence-electron chi connectivity index (χ4n) is 0.798. The number of nitrogens with one attached hydrogen (secondary N) is 2. The van der Waals surface area contributed by atoms with Gasteiger partial charge in [-0.2, -0.15) is 0 Å². The summed E-state index contributed by atoms with van der Waals surface area (Å²) in [6, 6.07) is 0.00286. The van der Waals surface area contributed by atoms with Gasteiger partial charge in [0.1, 0.15) is 0 Å². The van der Waals surface area contributed by atoms with E-state index >= 15 is 0 Å². The van der Waals surface area contributed by atoms with E-state index in [1.807, 2.05) is 27.7 Å². The number of nitrogens with two attached hydrogens (primary N) is 1. The summed E-state index contributed by atoms with van der Waals surface area (Å²) in [7, 11) is 0. The lowest BCUT2D eigenvalue weighted by atomic mass is 10.1. The molecule has 0 heterocycles. The number of urea groups is 1. The van der Waals surface area contributed by atoms with E-state index in [0.29, 0.717) is 6.54 Å². The number of hydrogen-bond acceptors (Lipinski definition) is 2. The molecule has 0 aromatic heterocycles.